The van der Waals surface area contributed by atoms with Crippen LogP contribution in [0.4, 0.5) is 0 Å². The predicted octanol–water partition coefficient (Wildman–Crippen LogP) is 6.66. The molecule has 4 unspecified atom stereocenters. The highest BCUT2D eigenvalue weighted by molar-refractivity contribution is 5.39. The smallest absolute Gasteiger partial charge is 0.155 e. The molecule has 0 heterocycles. The molecule has 0 N–H and O–H groups in total. The van der Waals surface area contributed by atoms with E-state index in [2.05, 4.69) is 53.7 Å². The summed E-state index contributed by atoms with van der Waals surface area (Å²) in [4.78, 5) is 0. The molecule has 0 aliphatic heterocycles. The van der Waals surface area contributed by atoms with E-state index in [0.717, 1.165) is 12.3 Å². The molecule has 3 aliphatic rings. The van der Waals surface area contributed by atoms with E-state index >= 15 is 0 Å². The molecule has 0 amide bonds. The number of rotatable bonds is 5. The highest BCUT2D eigenvalue weighted by Gasteiger charge is 2.42. The van der Waals surface area contributed by atoms with E-state index in [4.69, 9.17) is 9.47 Å². The molecule has 1 fully saturated rings. The Balaban J connectivity index is 1.59. The first-order chi connectivity index (χ1) is 12.3. The summed E-state index contributed by atoms with van der Waals surface area (Å²) in [5.41, 5.74) is 3.61. The summed E-state index contributed by atoms with van der Waals surface area (Å²) in [5, 5.41) is 0. The van der Waals surface area contributed by atoms with Gasteiger partial charge in [0.05, 0.1) is 12.2 Å². The second kappa shape index (κ2) is 8.19. The third-order valence-electron chi connectivity index (χ3n) is 6.74. The van der Waals surface area contributed by atoms with E-state index < -0.39 is 0 Å². The van der Waals surface area contributed by atoms with E-state index in [0.29, 0.717) is 23.4 Å². The largest absolute Gasteiger partial charge is 0.350 e. The Labute approximate surface area is 161 Å². The fourth-order valence-electron chi connectivity index (χ4n) is 5.43. The summed E-state index contributed by atoms with van der Waals surface area (Å²) in [6.07, 6.45) is 13.8. The number of hydrogen-bond acceptors (Lipinski definition) is 2. The van der Waals surface area contributed by atoms with Gasteiger partial charge in [0, 0.05) is 0 Å². The third-order valence-corrected chi connectivity index (χ3v) is 6.74. The van der Waals surface area contributed by atoms with Gasteiger partial charge in [-0.1, -0.05) is 71.6 Å². The minimum Gasteiger partial charge on any atom is -0.350 e. The summed E-state index contributed by atoms with van der Waals surface area (Å²) < 4.78 is 12.4. The van der Waals surface area contributed by atoms with Crippen molar-refractivity contribution in [1.82, 2.24) is 0 Å². The van der Waals surface area contributed by atoms with Crippen LogP contribution in [-0.4, -0.2) is 18.5 Å². The Kier molecular flexibility index (Phi) is 6.34. The lowest BCUT2D eigenvalue weighted by Gasteiger charge is -2.35. The van der Waals surface area contributed by atoms with Crippen molar-refractivity contribution in [3.8, 4) is 0 Å². The van der Waals surface area contributed by atoms with E-state index in [9.17, 15) is 0 Å². The maximum absolute atomic E-state index is 6.28. The molecule has 3 rings (SSSR count). The van der Waals surface area contributed by atoms with Crippen molar-refractivity contribution in [3.05, 3.63) is 23.3 Å². The normalized spacial score (nSPS) is 31.6. The molecule has 3 aliphatic carbocycles. The monoisotopic (exact) mass is 360 g/mol. The molecular weight excluding hydrogens is 320 g/mol. The fraction of sp³-hybridized carbons (Fsp3) is 0.833. The summed E-state index contributed by atoms with van der Waals surface area (Å²) in [6.45, 7) is 14.1. The Morgan fingerprint density at radius 3 is 2.27 bits per heavy atom. The zero-order valence-electron chi connectivity index (χ0n) is 17.9. The molecule has 2 nitrogen and oxygen atoms in total. The molecule has 26 heavy (non-hydrogen) atoms. The van der Waals surface area contributed by atoms with Gasteiger partial charge in [-0.2, -0.15) is 0 Å². The standard InChI is InChI=1S/C24H40O2/c1-16(2)23-21-13-12-20(14-18(21)15-22(23)24(4,5)6)26-17(3)25-19-10-8-7-9-11-19/h12-13,16-17,19-20,22-23H,7-11,14-15H2,1-6H3. The van der Waals surface area contributed by atoms with Gasteiger partial charge in [0.2, 0.25) is 0 Å². The second-order valence-corrected chi connectivity index (χ2v) is 10.2. The van der Waals surface area contributed by atoms with Crippen LogP contribution in [-0.2, 0) is 9.47 Å². The van der Waals surface area contributed by atoms with Crippen molar-refractivity contribution in [2.24, 2.45) is 23.2 Å². The van der Waals surface area contributed by atoms with Crippen LogP contribution in [0.2, 0.25) is 0 Å². The van der Waals surface area contributed by atoms with Crippen LogP contribution in [0.15, 0.2) is 23.3 Å². The number of allylic oxidation sites excluding steroid dienone is 2. The molecule has 0 saturated heterocycles. The van der Waals surface area contributed by atoms with Crippen LogP contribution < -0.4 is 0 Å². The van der Waals surface area contributed by atoms with Crippen LogP contribution in [0, 0.1) is 23.2 Å². The number of hydrogen-bond donors (Lipinski definition) is 0. The van der Waals surface area contributed by atoms with Crippen LogP contribution in [0.25, 0.3) is 0 Å². The van der Waals surface area contributed by atoms with Gasteiger partial charge in [-0.3, -0.25) is 0 Å². The zero-order chi connectivity index (χ0) is 18.9. The summed E-state index contributed by atoms with van der Waals surface area (Å²) >= 11 is 0. The van der Waals surface area contributed by atoms with E-state index in [1.807, 2.05) is 0 Å². The van der Waals surface area contributed by atoms with E-state index in [1.54, 1.807) is 11.1 Å². The Hall–Kier alpha value is -0.600. The van der Waals surface area contributed by atoms with Crippen molar-refractivity contribution >= 4 is 0 Å². The van der Waals surface area contributed by atoms with Gasteiger partial charge in [-0.15, -0.1) is 0 Å². The van der Waals surface area contributed by atoms with Gasteiger partial charge in [-0.05, 0) is 61.3 Å². The molecule has 0 aromatic rings. The molecule has 0 spiro atoms. The molecule has 148 valence electrons. The van der Waals surface area contributed by atoms with Crippen molar-refractivity contribution < 1.29 is 9.47 Å². The highest BCUT2D eigenvalue weighted by Crippen LogP contribution is 2.52. The quantitative estimate of drug-likeness (QED) is 0.510. The molecule has 0 aromatic heterocycles. The first-order valence-electron chi connectivity index (χ1n) is 11.0. The first-order valence-corrected chi connectivity index (χ1v) is 11.0. The van der Waals surface area contributed by atoms with Crippen molar-refractivity contribution in [1.29, 1.82) is 0 Å². The molecule has 2 heteroatoms. The van der Waals surface area contributed by atoms with Crippen molar-refractivity contribution in [2.75, 3.05) is 0 Å². The molecule has 0 radical (unpaired) electrons. The minimum atomic E-state index is -0.101. The lowest BCUT2D eigenvalue weighted by atomic mass is 9.69. The Bertz CT molecular complexity index is 531. The maximum Gasteiger partial charge on any atom is 0.155 e. The van der Waals surface area contributed by atoms with Gasteiger partial charge in [0.1, 0.15) is 0 Å². The average molecular weight is 361 g/mol. The highest BCUT2D eigenvalue weighted by atomic mass is 16.7. The van der Waals surface area contributed by atoms with Gasteiger partial charge in [0.25, 0.3) is 0 Å². The molecule has 1 saturated carbocycles. The van der Waals surface area contributed by atoms with Gasteiger partial charge in [-0.25, -0.2) is 0 Å². The molecule has 0 aromatic carbocycles. The van der Waals surface area contributed by atoms with Crippen LogP contribution in [0.5, 0.6) is 0 Å². The third kappa shape index (κ3) is 4.62. The first kappa shape index (κ1) is 20.1. The Morgan fingerprint density at radius 1 is 0.962 bits per heavy atom. The SMILES string of the molecule is CC(OC1C=CC2=C(C1)CC(C(C)(C)C)C2C(C)C)OC1CCCCC1. The summed E-state index contributed by atoms with van der Waals surface area (Å²) in [7, 11) is 0. The predicted molar refractivity (Wildman–Crippen MR) is 109 cm³/mol. The summed E-state index contributed by atoms with van der Waals surface area (Å²) in [5.74, 6) is 2.13. The molecular formula is C24H40O2. The van der Waals surface area contributed by atoms with Crippen LogP contribution in [0.1, 0.15) is 86.5 Å². The fourth-order valence-corrected chi connectivity index (χ4v) is 5.43. The van der Waals surface area contributed by atoms with Gasteiger partial charge in [0.15, 0.2) is 6.29 Å². The van der Waals surface area contributed by atoms with E-state index in [-0.39, 0.29) is 12.4 Å². The van der Waals surface area contributed by atoms with Gasteiger partial charge >= 0.3 is 0 Å². The molecule has 4 atom stereocenters. The molecule has 0 bridgehead atoms. The minimum absolute atomic E-state index is 0.101. The topological polar surface area (TPSA) is 18.5 Å². The van der Waals surface area contributed by atoms with E-state index in [1.165, 1.54) is 38.5 Å². The zero-order valence-corrected chi connectivity index (χ0v) is 17.9. The summed E-state index contributed by atoms with van der Waals surface area (Å²) in [6, 6.07) is 0. The van der Waals surface area contributed by atoms with Crippen molar-refractivity contribution in [3.63, 3.8) is 0 Å². The average Bonchev–Trinajstić information content (AvgIpc) is 2.95. The lowest BCUT2D eigenvalue weighted by Crippen LogP contribution is -2.29. The lowest BCUT2D eigenvalue weighted by molar-refractivity contribution is -0.180. The van der Waals surface area contributed by atoms with Crippen molar-refractivity contribution in [2.45, 2.75) is 105 Å². The second-order valence-electron chi connectivity index (χ2n) is 10.2. The van der Waals surface area contributed by atoms with Crippen LogP contribution >= 0.6 is 0 Å². The Morgan fingerprint density at radius 2 is 1.65 bits per heavy atom. The van der Waals surface area contributed by atoms with Gasteiger partial charge < -0.3 is 9.47 Å². The van der Waals surface area contributed by atoms with Crippen LogP contribution in [0.3, 0.4) is 0 Å². The number of ether oxygens (including phenoxy) is 2. The maximum atomic E-state index is 6.28.